The zero-order valence-electron chi connectivity index (χ0n) is 17.4. The van der Waals surface area contributed by atoms with Gasteiger partial charge in [-0.3, -0.25) is 4.79 Å². The highest BCUT2D eigenvalue weighted by Crippen LogP contribution is 2.17. The Labute approximate surface area is 171 Å². The monoisotopic (exact) mass is 406 g/mol. The lowest BCUT2D eigenvalue weighted by molar-refractivity contribution is 0.0950. The van der Waals surface area contributed by atoms with Gasteiger partial charge in [-0.05, 0) is 45.1 Å². The van der Waals surface area contributed by atoms with E-state index in [0.717, 1.165) is 25.7 Å². The molecule has 0 aliphatic heterocycles. The van der Waals surface area contributed by atoms with Gasteiger partial charge in [0.25, 0.3) is 5.56 Å². The first-order chi connectivity index (χ1) is 14.0. The minimum Gasteiger partial charge on any atom is -0.393 e. The summed E-state index contributed by atoms with van der Waals surface area (Å²) in [5.41, 5.74) is 0.440. The normalized spacial score (nSPS) is 17.9. The van der Waals surface area contributed by atoms with Gasteiger partial charge in [-0.15, -0.1) is 0 Å². The highest BCUT2D eigenvalue weighted by Gasteiger charge is 2.11. The molecule has 0 aromatic carbocycles. The van der Waals surface area contributed by atoms with Crippen LogP contribution in [0.4, 0.5) is 5.95 Å². The van der Waals surface area contributed by atoms with Gasteiger partial charge in [0.15, 0.2) is 0 Å². The smallest absolute Gasteiger partial charge is 0.258 e. The number of hydrogen-bond acceptors (Lipinski definition) is 7. The lowest BCUT2D eigenvalue weighted by Gasteiger charge is -2.17. The fourth-order valence-electron chi connectivity index (χ4n) is 3.02. The molecule has 0 radical (unpaired) electrons. The molecule has 2 fully saturated rings. The number of nitrogens with one attached hydrogen (secondary N) is 2. The number of hydrogen-bond donors (Lipinski definition) is 4. The van der Waals surface area contributed by atoms with Crippen LogP contribution in [0.15, 0.2) is 23.3 Å². The summed E-state index contributed by atoms with van der Waals surface area (Å²) in [4.78, 5) is 22.4. The molecule has 0 amide bonds. The molecule has 1 atom stereocenters. The molecule has 2 aromatic rings. The first kappa shape index (κ1) is 23.3. The molecular formula is C21H34N4O4. The van der Waals surface area contributed by atoms with Gasteiger partial charge in [0.05, 0.1) is 29.7 Å². The minimum absolute atomic E-state index is 0.0359. The average Bonchev–Trinajstić information content (AvgIpc) is 2.68. The second kappa shape index (κ2) is 12.5. The number of ether oxygens (including phenoxy) is 1. The van der Waals surface area contributed by atoms with Gasteiger partial charge in [-0.1, -0.05) is 19.3 Å². The maximum absolute atomic E-state index is 11.4. The van der Waals surface area contributed by atoms with Crippen molar-refractivity contribution >= 4 is 16.9 Å². The fraction of sp³-hybridized carbons (Fsp3) is 0.667. The first-order valence-electron chi connectivity index (χ1n) is 10.5. The van der Waals surface area contributed by atoms with Gasteiger partial charge in [0.2, 0.25) is 5.95 Å². The Balaban J connectivity index is 0.000000203. The molecule has 2 saturated carbocycles. The Morgan fingerprint density at radius 1 is 1.17 bits per heavy atom. The van der Waals surface area contributed by atoms with Gasteiger partial charge < -0.3 is 25.3 Å². The van der Waals surface area contributed by atoms with E-state index in [0.29, 0.717) is 23.5 Å². The first-order valence-corrected chi connectivity index (χ1v) is 10.5. The van der Waals surface area contributed by atoms with E-state index in [2.05, 4.69) is 20.3 Å². The molecule has 2 aromatic heterocycles. The van der Waals surface area contributed by atoms with Crippen molar-refractivity contribution in [3.8, 4) is 0 Å². The van der Waals surface area contributed by atoms with Gasteiger partial charge >= 0.3 is 0 Å². The number of nitrogens with zero attached hydrogens (tertiary/aromatic N) is 2. The molecule has 2 aliphatic rings. The van der Waals surface area contributed by atoms with E-state index in [1.165, 1.54) is 31.9 Å². The number of aliphatic hydroxyl groups excluding tert-OH is 2. The van der Waals surface area contributed by atoms with Crippen molar-refractivity contribution in [1.82, 2.24) is 15.0 Å². The molecule has 8 nitrogen and oxygen atoms in total. The molecule has 162 valence electrons. The largest absolute Gasteiger partial charge is 0.393 e. The number of fused-ring (bicyclic) bond motifs is 1. The molecule has 29 heavy (non-hydrogen) atoms. The van der Waals surface area contributed by atoms with Crippen LogP contribution in [0.3, 0.4) is 0 Å². The number of H-pyrrole nitrogens is 1. The van der Waals surface area contributed by atoms with Crippen LogP contribution in [0.1, 0.15) is 58.3 Å². The summed E-state index contributed by atoms with van der Waals surface area (Å²) in [7, 11) is 1.64. The van der Waals surface area contributed by atoms with Crippen molar-refractivity contribution in [2.24, 2.45) is 0 Å². The van der Waals surface area contributed by atoms with Crippen molar-refractivity contribution in [2.45, 2.75) is 76.5 Å². The highest BCUT2D eigenvalue weighted by molar-refractivity contribution is 5.77. The summed E-state index contributed by atoms with van der Waals surface area (Å²) in [6, 6.07) is 1.85. The third-order valence-electron chi connectivity index (χ3n) is 4.96. The lowest BCUT2D eigenvalue weighted by Crippen LogP contribution is -2.22. The van der Waals surface area contributed by atoms with Crippen LogP contribution in [0.5, 0.6) is 0 Å². The van der Waals surface area contributed by atoms with Crippen molar-refractivity contribution in [3.05, 3.63) is 28.8 Å². The molecular weight excluding hydrogens is 372 g/mol. The quantitative estimate of drug-likeness (QED) is 0.616. The standard InChI is InChI=1S/C11H14N4O2.C6H12O.C4H8O/c1-7(6-17-2)14-11-13-5-8-9(15-11)3-4-12-10(8)16;7-6-4-2-1-3-5-6;5-4-2-1-3-4/h3-5,7H,6H2,1-2H3,(H,12,16)(H,13,14,15);6-7H,1-5H2;4-5H,1-3H2. The Bertz CT molecular complexity index is 773. The molecule has 0 bridgehead atoms. The predicted molar refractivity (Wildman–Crippen MR) is 114 cm³/mol. The number of methoxy groups -OCH3 is 1. The molecule has 8 heteroatoms. The van der Waals surface area contributed by atoms with Crippen molar-refractivity contribution in [3.63, 3.8) is 0 Å². The van der Waals surface area contributed by atoms with E-state index in [-0.39, 0.29) is 23.8 Å². The topological polar surface area (TPSA) is 120 Å². The van der Waals surface area contributed by atoms with E-state index < -0.39 is 0 Å². The minimum atomic E-state index is -0.181. The van der Waals surface area contributed by atoms with Crippen LogP contribution in [0, 0.1) is 0 Å². The maximum atomic E-state index is 11.4. The molecule has 0 saturated heterocycles. The molecule has 0 spiro atoms. The summed E-state index contributed by atoms with van der Waals surface area (Å²) in [6.07, 6.45) is 12.4. The van der Waals surface area contributed by atoms with E-state index in [4.69, 9.17) is 14.9 Å². The van der Waals surface area contributed by atoms with E-state index in [1.54, 1.807) is 19.4 Å². The second-order valence-corrected chi connectivity index (χ2v) is 7.68. The van der Waals surface area contributed by atoms with Crippen molar-refractivity contribution < 1.29 is 14.9 Å². The number of aliphatic hydroxyl groups is 2. The Morgan fingerprint density at radius 2 is 1.83 bits per heavy atom. The van der Waals surface area contributed by atoms with Gasteiger partial charge in [0, 0.05) is 25.5 Å². The second-order valence-electron chi connectivity index (χ2n) is 7.68. The van der Waals surface area contributed by atoms with Crippen LogP contribution >= 0.6 is 0 Å². The average molecular weight is 407 g/mol. The summed E-state index contributed by atoms with van der Waals surface area (Å²) >= 11 is 0. The molecule has 4 N–H and O–H groups in total. The number of aromatic nitrogens is 3. The Hall–Kier alpha value is -2.03. The van der Waals surface area contributed by atoms with Gasteiger partial charge in [-0.25, -0.2) is 9.97 Å². The third-order valence-corrected chi connectivity index (χ3v) is 4.96. The summed E-state index contributed by atoms with van der Waals surface area (Å²) in [5.74, 6) is 0.493. The van der Waals surface area contributed by atoms with Gasteiger partial charge in [-0.2, -0.15) is 0 Å². The maximum Gasteiger partial charge on any atom is 0.258 e. The van der Waals surface area contributed by atoms with Crippen molar-refractivity contribution in [1.29, 1.82) is 0 Å². The highest BCUT2D eigenvalue weighted by atomic mass is 16.5. The van der Waals surface area contributed by atoms with Crippen LogP contribution in [-0.2, 0) is 4.74 Å². The van der Waals surface area contributed by atoms with Crippen LogP contribution in [-0.4, -0.2) is 57.1 Å². The van der Waals surface area contributed by atoms with Gasteiger partial charge in [0.1, 0.15) is 0 Å². The Kier molecular flexibility index (Phi) is 10.0. The van der Waals surface area contributed by atoms with E-state index >= 15 is 0 Å². The Morgan fingerprint density at radius 3 is 2.34 bits per heavy atom. The zero-order valence-corrected chi connectivity index (χ0v) is 17.4. The molecule has 2 aliphatic carbocycles. The molecule has 2 heterocycles. The lowest BCUT2D eigenvalue weighted by atomic mass is 9.97. The number of rotatable bonds is 4. The molecule has 1 unspecified atom stereocenters. The zero-order chi connectivity index (χ0) is 21.1. The van der Waals surface area contributed by atoms with Crippen LogP contribution in [0.25, 0.3) is 10.9 Å². The summed E-state index contributed by atoms with van der Waals surface area (Å²) in [6.45, 7) is 2.53. The summed E-state index contributed by atoms with van der Waals surface area (Å²) < 4.78 is 5.01. The van der Waals surface area contributed by atoms with Crippen molar-refractivity contribution in [2.75, 3.05) is 19.0 Å². The SMILES string of the molecule is COCC(C)Nc1ncc2c(=O)[nH]ccc2n1.OC1CCC1.OC1CCCCC1. The van der Waals surface area contributed by atoms with E-state index in [1.807, 2.05) is 6.92 Å². The predicted octanol–water partition coefficient (Wildman–Crippen LogP) is 2.61. The summed E-state index contributed by atoms with van der Waals surface area (Å²) in [5, 5.41) is 20.9. The van der Waals surface area contributed by atoms with E-state index in [9.17, 15) is 4.79 Å². The fourth-order valence-corrected chi connectivity index (χ4v) is 3.02. The van der Waals surface area contributed by atoms with Crippen LogP contribution in [0.2, 0.25) is 0 Å². The molecule has 4 rings (SSSR count). The number of anilines is 1. The van der Waals surface area contributed by atoms with Crippen LogP contribution < -0.4 is 10.9 Å². The third kappa shape index (κ3) is 8.47. The number of aromatic amines is 1. The number of pyridine rings is 1.